The number of halogens is 3. The van der Waals surface area contributed by atoms with Crippen LogP contribution in [0.3, 0.4) is 0 Å². The van der Waals surface area contributed by atoms with Crippen molar-refractivity contribution in [3.05, 3.63) is 82.7 Å². The average Bonchev–Trinajstić information content (AvgIpc) is 2.77. The summed E-state index contributed by atoms with van der Waals surface area (Å²) >= 11 is 0. The van der Waals surface area contributed by atoms with Crippen LogP contribution in [0.1, 0.15) is 61.6 Å². The standard InChI is InChI=1S/C27H25F3/c1-2-3-18-4-6-19(7-5-18)8-9-20-10-12-21(13-11-20)22-14-15-24-23(16-22)17-25(28)27(30)26(24)29/h4-7,14-17,20-21H,2-3,10-13H2,1H3. The van der Waals surface area contributed by atoms with Gasteiger partial charge in [0.1, 0.15) is 0 Å². The molecule has 0 aromatic heterocycles. The minimum Gasteiger partial charge on any atom is -0.204 e. The largest absolute Gasteiger partial charge is 0.204 e. The van der Waals surface area contributed by atoms with Crippen molar-refractivity contribution in [3.63, 3.8) is 0 Å². The van der Waals surface area contributed by atoms with Crippen molar-refractivity contribution in [1.29, 1.82) is 0 Å². The second kappa shape index (κ2) is 8.96. The summed E-state index contributed by atoms with van der Waals surface area (Å²) in [5.41, 5.74) is 3.47. The fourth-order valence-corrected chi connectivity index (χ4v) is 4.38. The highest BCUT2D eigenvalue weighted by Crippen LogP contribution is 2.37. The summed E-state index contributed by atoms with van der Waals surface area (Å²) in [5, 5.41) is 0.541. The van der Waals surface area contributed by atoms with Crippen molar-refractivity contribution in [1.82, 2.24) is 0 Å². The van der Waals surface area contributed by atoms with Crippen LogP contribution in [0.2, 0.25) is 0 Å². The minimum absolute atomic E-state index is 0.127. The van der Waals surface area contributed by atoms with Gasteiger partial charge in [0, 0.05) is 16.9 Å². The van der Waals surface area contributed by atoms with Crippen molar-refractivity contribution >= 4 is 10.8 Å². The fourth-order valence-electron chi connectivity index (χ4n) is 4.38. The molecular weight excluding hydrogens is 381 g/mol. The zero-order valence-electron chi connectivity index (χ0n) is 17.2. The SMILES string of the molecule is CCCc1ccc(C#CC2CCC(c3ccc4c(F)c(F)c(F)cc4c3)CC2)cc1. The van der Waals surface area contributed by atoms with Crippen molar-refractivity contribution in [3.8, 4) is 11.8 Å². The first-order valence-electron chi connectivity index (χ1n) is 10.7. The first-order valence-corrected chi connectivity index (χ1v) is 10.7. The highest BCUT2D eigenvalue weighted by molar-refractivity contribution is 5.84. The molecule has 1 aliphatic carbocycles. The van der Waals surface area contributed by atoms with Crippen LogP contribution in [0.4, 0.5) is 13.2 Å². The normalized spacial score (nSPS) is 18.8. The molecule has 0 unspecified atom stereocenters. The third kappa shape index (κ3) is 4.38. The molecule has 1 saturated carbocycles. The molecule has 1 fully saturated rings. The molecule has 0 aliphatic heterocycles. The van der Waals surface area contributed by atoms with E-state index in [9.17, 15) is 13.2 Å². The summed E-state index contributed by atoms with van der Waals surface area (Å²) in [5.74, 6) is 3.79. The van der Waals surface area contributed by atoms with Crippen molar-refractivity contribution in [2.45, 2.75) is 51.4 Å². The predicted molar refractivity (Wildman–Crippen MR) is 116 cm³/mol. The molecule has 0 nitrogen and oxygen atoms in total. The van der Waals surface area contributed by atoms with Gasteiger partial charge < -0.3 is 0 Å². The average molecular weight is 406 g/mol. The van der Waals surface area contributed by atoms with E-state index in [4.69, 9.17) is 0 Å². The van der Waals surface area contributed by atoms with Crippen LogP contribution in [-0.4, -0.2) is 0 Å². The molecule has 0 radical (unpaired) electrons. The van der Waals surface area contributed by atoms with E-state index in [0.717, 1.165) is 55.7 Å². The molecular formula is C27H25F3. The van der Waals surface area contributed by atoms with Crippen LogP contribution < -0.4 is 0 Å². The Balaban J connectivity index is 1.42. The summed E-state index contributed by atoms with van der Waals surface area (Å²) in [6, 6.07) is 14.8. The van der Waals surface area contributed by atoms with E-state index in [0.29, 0.717) is 17.2 Å². The Kier molecular flexibility index (Phi) is 6.13. The number of hydrogen-bond acceptors (Lipinski definition) is 0. The highest BCUT2D eigenvalue weighted by atomic mass is 19.2. The lowest BCUT2D eigenvalue weighted by Crippen LogP contribution is -2.12. The minimum atomic E-state index is -1.41. The van der Waals surface area contributed by atoms with Gasteiger partial charge in [0.2, 0.25) is 0 Å². The fraction of sp³-hybridized carbons (Fsp3) is 0.333. The van der Waals surface area contributed by atoms with Gasteiger partial charge in [-0.15, -0.1) is 0 Å². The number of hydrogen-bond donors (Lipinski definition) is 0. The maximum atomic E-state index is 13.9. The highest BCUT2D eigenvalue weighted by Gasteiger charge is 2.22. The molecule has 3 heteroatoms. The molecule has 3 aromatic carbocycles. The number of fused-ring (bicyclic) bond motifs is 1. The number of rotatable bonds is 3. The molecule has 0 heterocycles. The van der Waals surface area contributed by atoms with E-state index in [1.807, 2.05) is 6.07 Å². The molecule has 0 saturated heterocycles. The summed E-state index contributed by atoms with van der Waals surface area (Å²) in [4.78, 5) is 0. The zero-order valence-corrected chi connectivity index (χ0v) is 17.2. The van der Waals surface area contributed by atoms with Crippen LogP contribution in [0.25, 0.3) is 10.8 Å². The molecule has 4 rings (SSSR count). The Morgan fingerprint density at radius 2 is 1.60 bits per heavy atom. The van der Waals surface area contributed by atoms with Gasteiger partial charge in [0.15, 0.2) is 17.5 Å². The van der Waals surface area contributed by atoms with Crippen molar-refractivity contribution in [2.75, 3.05) is 0 Å². The molecule has 3 aromatic rings. The zero-order chi connectivity index (χ0) is 21.1. The second-order valence-corrected chi connectivity index (χ2v) is 8.23. The third-order valence-corrected chi connectivity index (χ3v) is 6.11. The smallest absolute Gasteiger partial charge is 0.195 e. The van der Waals surface area contributed by atoms with Gasteiger partial charge >= 0.3 is 0 Å². The van der Waals surface area contributed by atoms with Crippen LogP contribution in [0.5, 0.6) is 0 Å². The lowest BCUT2D eigenvalue weighted by molar-refractivity contribution is 0.385. The van der Waals surface area contributed by atoms with E-state index in [1.54, 1.807) is 12.1 Å². The molecule has 154 valence electrons. The Bertz CT molecular complexity index is 1090. The molecule has 0 amide bonds. The molecule has 0 spiro atoms. The van der Waals surface area contributed by atoms with E-state index in [2.05, 4.69) is 43.0 Å². The van der Waals surface area contributed by atoms with Crippen LogP contribution >= 0.6 is 0 Å². The Labute approximate surface area is 176 Å². The maximum Gasteiger partial charge on any atom is 0.195 e. The number of benzene rings is 3. The Hall–Kier alpha value is -2.73. The van der Waals surface area contributed by atoms with Gasteiger partial charge in [0.05, 0.1) is 0 Å². The van der Waals surface area contributed by atoms with Gasteiger partial charge in [-0.05, 0) is 72.7 Å². The second-order valence-electron chi connectivity index (χ2n) is 8.23. The maximum absolute atomic E-state index is 13.9. The van der Waals surface area contributed by atoms with Gasteiger partial charge in [-0.2, -0.15) is 0 Å². The lowest BCUT2D eigenvalue weighted by atomic mass is 9.78. The summed E-state index contributed by atoms with van der Waals surface area (Å²) in [7, 11) is 0. The van der Waals surface area contributed by atoms with Gasteiger partial charge in [-0.3, -0.25) is 0 Å². The first kappa shape index (κ1) is 20.5. The summed E-state index contributed by atoms with van der Waals surface area (Å²) in [6.45, 7) is 2.18. The van der Waals surface area contributed by atoms with Gasteiger partial charge in [-0.25, -0.2) is 13.2 Å². The van der Waals surface area contributed by atoms with E-state index >= 15 is 0 Å². The van der Waals surface area contributed by atoms with Crippen LogP contribution in [0.15, 0.2) is 48.5 Å². The lowest BCUT2D eigenvalue weighted by Gasteiger charge is -2.26. The van der Waals surface area contributed by atoms with E-state index in [1.165, 1.54) is 5.56 Å². The quantitative estimate of drug-likeness (QED) is 0.311. The van der Waals surface area contributed by atoms with Gasteiger partial charge in [0.25, 0.3) is 0 Å². The van der Waals surface area contributed by atoms with Crippen molar-refractivity contribution in [2.24, 2.45) is 5.92 Å². The molecule has 0 atom stereocenters. The monoisotopic (exact) mass is 406 g/mol. The molecule has 0 N–H and O–H groups in total. The molecule has 30 heavy (non-hydrogen) atoms. The van der Waals surface area contributed by atoms with Gasteiger partial charge in [-0.1, -0.05) is 55.5 Å². The Morgan fingerprint density at radius 3 is 2.30 bits per heavy atom. The van der Waals surface area contributed by atoms with E-state index in [-0.39, 0.29) is 5.39 Å². The van der Waals surface area contributed by atoms with Crippen LogP contribution in [0, 0.1) is 35.2 Å². The third-order valence-electron chi connectivity index (χ3n) is 6.11. The summed E-state index contributed by atoms with van der Waals surface area (Å²) < 4.78 is 41.0. The summed E-state index contributed by atoms with van der Waals surface area (Å²) in [6.07, 6.45) is 6.25. The number of aryl methyl sites for hydroxylation is 1. The predicted octanol–water partition coefficient (Wildman–Crippen LogP) is 7.54. The molecule has 0 bridgehead atoms. The molecule has 1 aliphatic rings. The van der Waals surface area contributed by atoms with Crippen LogP contribution in [-0.2, 0) is 6.42 Å². The topological polar surface area (TPSA) is 0 Å². The first-order chi connectivity index (χ1) is 14.5. The van der Waals surface area contributed by atoms with Crippen molar-refractivity contribution < 1.29 is 13.2 Å². The Morgan fingerprint density at radius 1 is 0.867 bits per heavy atom. The van der Waals surface area contributed by atoms with E-state index < -0.39 is 17.5 Å².